The topological polar surface area (TPSA) is 66.8 Å². The first-order valence-corrected chi connectivity index (χ1v) is 10.0. The highest BCUT2D eigenvalue weighted by atomic mass is 35.5. The fraction of sp³-hybridized carbons (Fsp3) is 0.429. The van der Waals surface area contributed by atoms with Crippen LogP contribution in [0.15, 0.2) is 29.3 Å². The molecule has 0 aliphatic carbocycles. The normalized spacial score (nSPS) is 28.1. The van der Waals surface area contributed by atoms with E-state index in [0.717, 1.165) is 11.3 Å². The fourth-order valence-corrected chi connectivity index (χ4v) is 6.77. The van der Waals surface area contributed by atoms with Crippen LogP contribution >= 0.6 is 23.4 Å². The van der Waals surface area contributed by atoms with Crippen LogP contribution < -0.4 is 4.90 Å². The molecule has 118 valence electrons. The van der Waals surface area contributed by atoms with Crippen LogP contribution in [0.1, 0.15) is 5.56 Å². The molecule has 1 amide bonds. The van der Waals surface area contributed by atoms with Crippen LogP contribution in [0.25, 0.3) is 0 Å². The summed E-state index contributed by atoms with van der Waals surface area (Å²) in [5.41, 5.74) is 1.92. The minimum Gasteiger partial charge on any atom is -0.316 e. The predicted octanol–water partition coefficient (Wildman–Crippen LogP) is 1.84. The van der Waals surface area contributed by atoms with Crippen molar-refractivity contribution in [3.8, 4) is 0 Å². The average Bonchev–Trinajstić information content (AvgIpc) is 2.89. The van der Waals surface area contributed by atoms with Crippen LogP contribution in [0.5, 0.6) is 0 Å². The maximum atomic E-state index is 11.9. The molecule has 2 fully saturated rings. The molecule has 0 saturated carbocycles. The molecule has 2 aliphatic rings. The molecule has 1 aromatic carbocycles. The maximum absolute atomic E-state index is 11.9. The van der Waals surface area contributed by atoms with Crippen LogP contribution in [0.3, 0.4) is 0 Å². The van der Waals surface area contributed by atoms with Crippen molar-refractivity contribution in [1.29, 1.82) is 0 Å². The van der Waals surface area contributed by atoms with Crippen LogP contribution in [-0.4, -0.2) is 48.2 Å². The van der Waals surface area contributed by atoms with Gasteiger partial charge in [0.1, 0.15) is 5.88 Å². The largest absolute Gasteiger partial charge is 0.316 e. The third kappa shape index (κ3) is 3.02. The number of thioether (sulfide) groups is 1. The van der Waals surface area contributed by atoms with Gasteiger partial charge in [0.05, 0.1) is 17.5 Å². The Hall–Kier alpha value is -1.05. The quantitative estimate of drug-likeness (QED) is 0.754. The van der Waals surface area contributed by atoms with Crippen molar-refractivity contribution < 1.29 is 13.2 Å². The third-order valence-electron chi connectivity index (χ3n) is 3.68. The van der Waals surface area contributed by atoms with Crippen molar-refractivity contribution >= 4 is 50.0 Å². The van der Waals surface area contributed by atoms with E-state index in [1.54, 1.807) is 0 Å². The molecule has 3 rings (SSSR count). The minimum absolute atomic E-state index is 0.0900. The summed E-state index contributed by atoms with van der Waals surface area (Å²) < 4.78 is 23.8. The Balaban J connectivity index is 2.03. The van der Waals surface area contributed by atoms with E-state index in [0.29, 0.717) is 5.17 Å². The second kappa shape index (κ2) is 5.86. The van der Waals surface area contributed by atoms with E-state index >= 15 is 0 Å². The zero-order valence-corrected chi connectivity index (χ0v) is 14.3. The summed E-state index contributed by atoms with van der Waals surface area (Å²) in [6.45, 7) is 1.97. The number of sulfone groups is 1. The third-order valence-corrected chi connectivity index (χ3v) is 7.12. The van der Waals surface area contributed by atoms with Gasteiger partial charge in [0.15, 0.2) is 15.0 Å². The number of anilines is 1. The van der Waals surface area contributed by atoms with Crippen molar-refractivity contribution in [2.24, 2.45) is 4.99 Å². The Morgan fingerprint density at radius 2 is 2.23 bits per heavy atom. The maximum Gasteiger partial charge on any atom is 0.262 e. The highest BCUT2D eigenvalue weighted by Crippen LogP contribution is 2.41. The predicted molar refractivity (Wildman–Crippen MR) is 90.6 cm³/mol. The number of alkyl halides is 1. The summed E-state index contributed by atoms with van der Waals surface area (Å²) in [5, 5.41) is 0.452. The number of carbonyl (C=O) groups excluding carboxylic acids is 1. The number of rotatable bonds is 2. The van der Waals surface area contributed by atoms with Gasteiger partial charge >= 0.3 is 0 Å². The number of hydrogen-bond acceptors (Lipinski definition) is 4. The lowest BCUT2D eigenvalue weighted by Crippen LogP contribution is -2.37. The fourth-order valence-electron chi connectivity index (χ4n) is 2.78. The van der Waals surface area contributed by atoms with Crippen LogP contribution in [0.4, 0.5) is 5.69 Å². The second-order valence-corrected chi connectivity index (χ2v) is 9.06. The Morgan fingerprint density at radius 1 is 1.45 bits per heavy atom. The Labute approximate surface area is 138 Å². The lowest BCUT2D eigenvalue weighted by molar-refractivity contribution is -0.115. The van der Waals surface area contributed by atoms with E-state index in [2.05, 4.69) is 4.99 Å². The Bertz CT molecular complexity index is 748. The van der Waals surface area contributed by atoms with Gasteiger partial charge in [-0.3, -0.25) is 4.79 Å². The molecule has 0 bridgehead atoms. The van der Waals surface area contributed by atoms with E-state index in [-0.39, 0.29) is 28.7 Å². The number of amides is 1. The second-order valence-electron chi connectivity index (χ2n) is 5.43. The van der Waals surface area contributed by atoms with Gasteiger partial charge < -0.3 is 4.90 Å². The molecule has 0 unspecified atom stereocenters. The molecule has 22 heavy (non-hydrogen) atoms. The van der Waals surface area contributed by atoms with E-state index in [9.17, 15) is 13.2 Å². The molecular formula is C14H15ClN2O3S2. The van der Waals surface area contributed by atoms with E-state index in [1.165, 1.54) is 11.8 Å². The van der Waals surface area contributed by atoms with Crippen molar-refractivity contribution in [3.63, 3.8) is 0 Å². The van der Waals surface area contributed by atoms with Crippen molar-refractivity contribution in [1.82, 2.24) is 0 Å². The molecule has 0 radical (unpaired) electrons. The Kier molecular flexibility index (Phi) is 4.22. The van der Waals surface area contributed by atoms with E-state index in [4.69, 9.17) is 11.6 Å². The lowest BCUT2D eigenvalue weighted by atomic mass is 10.1. The van der Waals surface area contributed by atoms with E-state index < -0.39 is 15.7 Å². The van der Waals surface area contributed by atoms with Gasteiger partial charge in [0.2, 0.25) is 0 Å². The molecule has 2 atom stereocenters. The monoisotopic (exact) mass is 358 g/mol. The molecule has 0 N–H and O–H groups in total. The SMILES string of the molecule is Cc1cccc(N2C(=NC(=O)CCl)S[C@@H]3CS(=O)(=O)C[C@@H]32)c1. The number of aryl methyl sites for hydroxylation is 1. The Morgan fingerprint density at radius 3 is 2.91 bits per heavy atom. The molecule has 0 spiro atoms. The zero-order valence-electron chi connectivity index (χ0n) is 11.9. The van der Waals surface area contributed by atoms with Gasteiger partial charge in [-0.25, -0.2) is 8.42 Å². The van der Waals surface area contributed by atoms with Crippen molar-refractivity contribution in [2.75, 3.05) is 22.3 Å². The number of fused-ring (bicyclic) bond motifs is 1. The number of aliphatic imine (C=N–C) groups is 1. The molecule has 1 aromatic rings. The number of carbonyl (C=O) groups is 1. The molecule has 2 saturated heterocycles. The summed E-state index contributed by atoms with van der Waals surface area (Å²) >= 11 is 6.89. The van der Waals surface area contributed by atoms with Gasteiger partial charge in [-0.1, -0.05) is 23.9 Å². The van der Waals surface area contributed by atoms with Crippen LogP contribution in [0.2, 0.25) is 0 Å². The van der Waals surface area contributed by atoms with Gasteiger partial charge in [0.25, 0.3) is 5.91 Å². The molecule has 0 aromatic heterocycles. The van der Waals surface area contributed by atoms with Crippen LogP contribution in [-0.2, 0) is 14.6 Å². The van der Waals surface area contributed by atoms with Crippen LogP contribution in [0, 0.1) is 6.92 Å². The average molecular weight is 359 g/mol. The standard InChI is InChI=1S/C14H15ClN2O3S2/c1-9-3-2-4-10(5-9)17-11-7-22(19,20)8-12(11)21-14(17)16-13(18)6-15/h2-5,11-12H,6-8H2,1H3/t11-,12+/m0/s1. The lowest BCUT2D eigenvalue weighted by Gasteiger charge is -2.24. The smallest absolute Gasteiger partial charge is 0.262 e. The molecule has 8 heteroatoms. The van der Waals surface area contributed by atoms with Gasteiger partial charge in [-0.05, 0) is 24.6 Å². The first kappa shape index (κ1) is 15.8. The molecule has 2 aliphatic heterocycles. The van der Waals surface area contributed by atoms with Gasteiger partial charge in [0, 0.05) is 10.9 Å². The van der Waals surface area contributed by atoms with Crippen molar-refractivity contribution in [3.05, 3.63) is 29.8 Å². The number of nitrogens with zero attached hydrogens (tertiary/aromatic N) is 2. The summed E-state index contributed by atoms with van der Waals surface area (Å²) in [6, 6.07) is 7.57. The number of halogens is 1. The number of benzene rings is 1. The summed E-state index contributed by atoms with van der Waals surface area (Å²) in [5.74, 6) is -0.380. The molecule has 2 heterocycles. The van der Waals surface area contributed by atoms with Crippen molar-refractivity contribution in [2.45, 2.75) is 18.2 Å². The van der Waals surface area contributed by atoms with Gasteiger partial charge in [-0.2, -0.15) is 4.99 Å². The first-order chi connectivity index (χ1) is 10.4. The summed E-state index contributed by atoms with van der Waals surface area (Å²) in [6.07, 6.45) is 0. The number of hydrogen-bond donors (Lipinski definition) is 0. The first-order valence-electron chi connectivity index (χ1n) is 6.80. The molecule has 5 nitrogen and oxygen atoms in total. The highest BCUT2D eigenvalue weighted by molar-refractivity contribution is 8.16. The van der Waals surface area contributed by atoms with E-state index in [1.807, 2.05) is 36.1 Å². The highest BCUT2D eigenvalue weighted by Gasteiger charge is 2.49. The molecular weight excluding hydrogens is 344 g/mol. The minimum atomic E-state index is -3.04. The number of amidine groups is 1. The zero-order chi connectivity index (χ0) is 15.9. The summed E-state index contributed by atoms with van der Waals surface area (Å²) in [7, 11) is -3.04. The summed E-state index contributed by atoms with van der Waals surface area (Å²) in [4.78, 5) is 17.5. The van der Waals surface area contributed by atoms with Gasteiger partial charge in [-0.15, -0.1) is 11.6 Å².